The van der Waals surface area contributed by atoms with E-state index < -0.39 is 13.8 Å². The van der Waals surface area contributed by atoms with Crippen molar-refractivity contribution in [2.45, 2.75) is 25.5 Å². The van der Waals surface area contributed by atoms with Gasteiger partial charge in [-0.3, -0.25) is 0 Å². The second kappa shape index (κ2) is 3.03. The minimum absolute atomic E-state index is 0.361. The van der Waals surface area contributed by atoms with Crippen LogP contribution in [0.4, 0.5) is 0 Å². The Morgan fingerprint density at radius 2 is 1.92 bits per heavy atom. The topological polar surface area (TPSA) is 47.3 Å². The van der Waals surface area contributed by atoms with E-state index in [-0.39, 0.29) is 0 Å². The third kappa shape index (κ3) is 1.89. The zero-order valence-corrected chi connectivity index (χ0v) is 9.24. The van der Waals surface area contributed by atoms with Gasteiger partial charge in [0.2, 0.25) is 9.05 Å². The van der Waals surface area contributed by atoms with E-state index in [1.807, 2.05) is 0 Å². The van der Waals surface area contributed by atoms with Crippen LogP contribution in [-0.2, 0) is 13.8 Å². The Morgan fingerprint density at radius 1 is 1.38 bits per heavy atom. The zero-order valence-electron chi connectivity index (χ0n) is 7.67. The van der Waals surface area contributed by atoms with E-state index >= 15 is 0 Å². The van der Waals surface area contributed by atoms with E-state index in [0.717, 1.165) is 0 Å². The van der Waals surface area contributed by atoms with Crippen molar-refractivity contribution in [1.82, 2.24) is 0 Å². The van der Waals surface area contributed by atoms with Gasteiger partial charge in [-0.1, -0.05) is 0 Å². The summed E-state index contributed by atoms with van der Waals surface area (Å²) in [5, 5.41) is 0. The van der Waals surface area contributed by atoms with Gasteiger partial charge in [0.05, 0.1) is 0 Å². The second-order valence-electron chi connectivity index (χ2n) is 3.36. The zero-order chi connectivity index (χ0) is 10.3. The lowest BCUT2D eigenvalue weighted by molar-refractivity contribution is 0.434. The van der Waals surface area contributed by atoms with Crippen LogP contribution in [0.1, 0.15) is 25.4 Å². The minimum atomic E-state index is -3.66. The normalized spacial score (nSPS) is 13.2. The van der Waals surface area contributed by atoms with E-state index in [9.17, 15) is 8.42 Å². The minimum Gasteiger partial charge on any atom is -0.465 e. The third-order valence-corrected chi connectivity index (χ3v) is 4.52. The maximum Gasteiger partial charge on any atom is 0.245 e. The van der Waals surface area contributed by atoms with Crippen LogP contribution in [-0.4, -0.2) is 8.42 Å². The van der Waals surface area contributed by atoms with Crippen LogP contribution < -0.4 is 0 Å². The first-order chi connectivity index (χ1) is 5.75. The highest BCUT2D eigenvalue weighted by Crippen LogP contribution is 2.33. The summed E-state index contributed by atoms with van der Waals surface area (Å²) in [5.41, 5.74) is 0. The van der Waals surface area contributed by atoms with Crippen LogP contribution in [0, 0.1) is 6.92 Å². The summed E-state index contributed by atoms with van der Waals surface area (Å²) < 4.78 is 26.4. The van der Waals surface area contributed by atoms with E-state index in [1.165, 1.54) is 13.8 Å². The Labute approximate surface area is 82.1 Å². The van der Waals surface area contributed by atoms with Crippen molar-refractivity contribution >= 4 is 19.7 Å². The molecule has 74 valence electrons. The predicted octanol–water partition coefficient (Wildman–Crippen LogP) is 2.39. The summed E-state index contributed by atoms with van der Waals surface area (Å²) >= 11 is 0. The Bertz CT molecular complexity index is 403. The highest BCUT2D eigenvalue weighted by Gasteiger charge is 2.37. The highest BCUT2D eigenvalue weighted by atomic mass is 35.7. The molecule has 0 aliphatic rings. The molecular formula is C8H11ClO3S. The molecule has 13 heavy (non-hydrogen) atoms. The highest BCUT2D eigenvalue weighted by molar-refractivity contribution is 8.14. The van der Waals surface area contributed by atoms with Crippen molar-refractivity contribution in [2.24, 2.45) is 0 Å². The fraction of sp³-hybridized carbons (Fsp3) is 0.500. The monoisotopic (exact) mass is 222 g/mol. The van der Waals surface area contributed by atoms with Gasteiger partial charge in [-0.15, -0.1) is 0 Å². The summed E-state index contributed by atoms with van der Waals surface area (Å²) in [6, 6.07) is 3.33. The van der Waals surface area contributed by atoms with Crippen LogP contribution in [0.25, 0.3) is 0 Å². The summed E-state index contributed by atoms with van der Waals surface area (Å²) in [7, 11) is 1.62. The van der Waals surface area contributed by atoms with E-state index in [2.05, 4.69) is 0 Å². The molecule has 0 amide bonds. The molecule has 0 N–H and O–H groups in total. The van der Waals surface area contributed by atoms with Crippen LogP contribution in [0.5, 0.6) is 0 Å². The molecule has 1 rings (SSSR count). The lowest BCUT2D eigenvalue weighted by Crippen LogP contribution is -2.24. The molecule has 0 aliphatic carbocycles. The molecule has 0 unspecified atom stereocenters. The van der Waals surface area contributed by atoms with Gasteiger partial charge in [-0.05, 0) is 32.9 Å². The average Bonchev–Trinajstić information content (AvgIpc) is 2.33. The molecule has 0 spiro atoms. The van der Waals surface area contributed by atoms with Gasteiger partial charge in [-0.2, -0.15) is 0 Å². The van der Waals surface area contributed by atoms with Crippen LogP contribution in [0.3, 0.4) is 0 Å². The molecule has 0 bridgehead atoms. The average molecular weight is 223 g/mol. The van der Waals surface area contributed by atoms with Crippen molar-refractivity contribution < 1.29 is 12.8 Å². The van der Waals surface area contributed by atoms with Gasteiger partial charge in [0.25, 0.3) is 0 Å². The first-order valence-corrected chi connectivity index (χ1v) is 6.07. The maximum absolute atomic E-state index is 11.2. The lowest BCUT2D eigenvalue weighted by Gasteiger charge is -2.17. The van der Waals surface area contributed by atoms with Gasteiger partial charge >= 0.3 is 0 Å². The van der Waals surface area contributed by atoms with E-state index in [1.54, 1.807) is 19.1 Å². The summed E-state index contributed by atoms with van der Waals surface area (Å²) in [5.74, 6) is 1.03. The molecule has 0 saturated heterocycles. The number of halogens is 1. The van der Waals surface area contributed by atoms with Crippen LogP contribution in [0.15, 0.2) is 16.5 Å². The Hall–Kier alpha value is -0.480. The fourth-order valence-corrected chi connectivity index (χ4v) is 1.46. The standard InChI is InChI=1S/C8H11ClO3S/c1-6-4-5-7(12-6)8(2,3)13(9,10)11/h4-5H,1-3H3. The van der Waals surface area contributed by atoms with Crippen molar-refractivity contribution in [3.63, 3.8) is 0 Å². The second-order valence-corrected chi connectivity index (χ2v) is 6.47. The largest absolute Gasteiger partial charge is 0.465 e. The van der Waals surface area contributed by atoms with E-state index in [0.29, 0.717) is 11.5 Å². The number of rotatable bonds is 2. The van der Waals surface area contributed by atoms with Crippen molar-refractivity contribution in [1.29, 1.82) is 0 Å². The van der Waals surface area contributed by atoms with Gasteiger partial charge in [0.15, 0.2) is 0 Å². The molecule has 5 heteroatoms. The number of furan rings is 1. The van der Waals surface area contributed by atoms with Gasteiger partial charge < -0.3 is 4.42 Å². The molecule has 1 aromatic heterocycles. The predicted molar refractivity (Wildman–Crippen MR) is 51.2 cm³/mol. The Morgan fingerprint density at radius 3 is 2.23 bits per heavy atom. The first-order valence-electron chi connectivity index (χ1n) is 3.76. The van der Waals surface area contributed by atoms with Gasteiger partial charge in [0, 0.05) is 10.7 Å². The SMILES string of the molecule is Cc1ccc(C(C)(C)S(=O)(=O)Cl)o1. The summed E-state index contributed by atoms with van der Waals surface area (Å²) in [6.45, 7) is 4.77. The molecule has 0 radical (unpaired) electrons. The Balaban J connectivity index is 3.23. The van der Waals surface area contributed by atoms with Crippen molar-refractivity contribution in [3.05, 3.63) is 23.7 Å². The quantitative estimate of drug-likeness (QED) is 0.722. The van der Waals surface area contributed by atoms with Gasteiger partial charge in [-0.25, -0.2) is 8.42 Å². The molecule has 0 atom stereocenters. The molecule has 0 aliphatic heterocycles. The molecule has 1 heterocycles. The molecular weight excluding hydrogens is 212 g/mol. The van der Waals surface area contributed by atoms with Crippen LogP contribution >= 0.6 is 10.7 Å². The van der Waals surface area contributed by atoms with Crippen molar-refractivity contribution in [2.75, 3.05) is 0 Å². The Kier molecular flexibility index (Phi) is 2.47. The number of hydrogen-bond donors (Lipinski definition) is 0. The fourth-order valence-electron chi connectivity index (χ4n) is 0.878. The molecule has 0 aromatic carbocycles. The third-order valence-electron chi connectivity index (χ3n) is 1.94. The van der Waals surface area contributed by atoms with Gasteiger partial charge in [0.1, 0.15) is 16.3 Å². The maximum atomic E-state index is 11.2. The smallest absolute Gasteiger partial charge is 0.245 e. The van der Waals surface area contributed by atoms with E-state index in [4.69, 9.17) is 15.1 Å². The lowest BCUT2D eigenvalue weighted by atomic mass is 10.1. The van der Waals surface area contributed by atoms with Crippen molar-refractivity contribution in [3.8, 4) is 0 Å². The molecule has 1 aromatic rings. The number of aryl methyl sites for hydroxylation is 1. The molecule has 0 saturated carbocycles. The molecule has 0 fully saturated rings. The molecule has 3 nitrogen and oxygen atoms in total. The summed E-state index contributed by atoms with van der Waals surface area (Å²) in [6.07, 6.45) is 0. The summed E-state index contributed by atoms with van der Waals surface area (Å²) in [4.78, 5) is 0. The van der Waals surface area contributed by atoms with Crippen LogP contribution in [0.2, 0.25) is 0 Å². The number of hydrogen-bond acceptors (Lipinski definition) is 3. The first kappa shape index (κ1) is 10.6.